The van der Waals surface area contributed by atoms with Gasteiger partial charge in [-0.3, -0.25) is 4.79 Å². The monoisotopic (exact) mass is 365 g/mol. The first-order chi connectivity index (χ1) is 12.1. The minimum Gasteiger partial charge on any atom is -0.490 e. The lowest BCUT2D eigenvalue weighted by Gasteiger charge is -2.28. The van der Waals surface area contributed by atoms with Crippen molar-refractivity contribution >= 4 is 17.6 Å². The molecule has 1 aromatic rings. The van der Waals surface area contributed by atoms with E-state index in [1.165, 1.54) is 7.11 Å². The molecular weight excluding hydrogens is 334 g/mol. The van der Waals surface area contributed by atoms with E-state index in [9.17, 15) is 9.59 Å². The summed E-state index contributed by atoms with van der Waals surface area (Å²) in [6, 6.07) is 4.93. The number of rotatable bonds is 9. The van der Waals surface area contributed by atoms with Crippen molar-refractivity contribution < 1.29 is 23.8 Å². The van der Waals surface area contributed by atoms with Crippen molar-refractivity contribution in [2.75, 3.05) is 19.0 Å². The van der Waals surface area contributed by atoms with Crippen LogP contribution in [0.15, 0.2) is 18.2 Å². The molecule has 1 atom stereocenters. The second-order valence-electron chi connectivity index (χ2n) is 7.09. The maximum Gasteiger partial charge on any atom is 0.341 e. The first kappa shape index (κ1) is 22.0. The van der Waals surface area contributed by atoms with Gasteiger partial charge in [0, 0.05) is 12.8 Å². The lowest BCUT2D eigenvalue weighted by Crippen LogP contribution is -2.43. The van der Waals surface area contributed by atoms with Crippen LogP contribution >= 0.6 is 0 Å². The molecule has 0 aliphatic rings. The third-order valence-corrected chi connectivity index (χ3v) is 3.82. The zero-order valence-electron chi connectivity index (χ0n) is 16.8. The molecule has 0 bridgehead atoms. The van der Waals surface area contributed by atoms with Gasteiger partial charge >= 0.3 is 5.97 Å². The van der Waals surface area contributed by atoms with Crippen LogP contribution in [0, 0.1) is 5.92 Å². The molecule has 0 fully saturated rings. The van der Waals surface area contributed by atoms with Gasteiger partial charge in [0.1, 0.15) is 16.9 Å². The Kier molecular flexibility index (Phi) is 8.08. The van der Waals surface area contributed by atoms with Crippen LogP contribution < -0.4 is 10.1 Å². The quantitative estimate of drug-likeness (QED) is 0.669. The molecule has 146 valence electrons. The molecular formula is C20H31NO5. The van der Waals surface area contributed by atoms with Crippen LogP contribution in [-0.4, -0.2) is 37.3 Å². The number of ether oxygens (including phenoxy) is 3. The average Bonchev–Trinajstić information content (AvgIpc) is 2.55. The molecule has 1 rings (SSSR count). The van der Waals surface area contributed by atoms with Crippen molar-refractivity contribution in [2.45, 2.75) is 59.7 Å². The predicted molar refractivity (Wildman–Crippen MR) is 102 cm³/mol. The maximum absolute atomic E-state index is 12.7. The first-order valence-electron chi connectivity index (χ1n) is 8.97. The van der Waals surface area contributed by atoms with E-state index in [1.54, 1.807) is 32.0 Å². The molecule has 0 heterocycles. The lowest BCUT2D eigenvalue weighted by molar-refractivity contribution is -0.137. The summed E-state index contributed by atoms with van der Waals surface area (Å²) in [6.07, 6.45) is 0.487. The van der Waals surface area contributed by atoms with E-state index < -0.39 is 11.6 Å². The summed E-state index contributed by atoms with van der Waals surface area (Å²) in [5, 5.41) is 2.83. The largest absolute Gasteiger partial charge is 0.490 e. The van der Waals surface area contributed by atoms with Gasteiger partial charge in [0.25, 0.3) is 5.91 Å². The molecule has 0 aliphatic carbocycles. The number of esters is 1. The standard InChI is InChI=1S/C20H31NO5/c1-8-25-18(22)16-11-15(9-10-17(16)26-14(4)5)21-19(23)20(6,24-7)12-13(2)3/h9-11,13-14H,8,12H2,1-7H3,(H,21,23)/t20-/m0/s1. The van der Waals surface area contributed by atoms with Gasteiger partial charge in [-0.05, 0) is 58.2 Å². The minimum atomic E-state index is -0.953. The number of anilines is 1. The fourth-order valence-electron chi connectivity index (χ4n) is 2.64. The van der Waals surface area contributed by atoms with Gasteiger partial charge in [0.15, 0.2) is 0 Å². The Morgan fingerprint density at radius 3 is 2.35 bits per heavy atom. The van der Waals surface area contributed by atoms with Gasteiger partial charge in [0.05, 0.1) is 12.7 Å². The summed E-state index contributed by atoms with van der Waals surface area (Å²) in [6.45, 7) is 11.6. The van der Waals surface area contributed by atoms with Crippen molar-refractivity contribution in [3.63, 3.8) is 0 Å². The SMILES string of the molecule is CCOC(=O)c1cc(NC(=O)[C@](C)(CC(C)C)OC)ccc1OC(C)C. The fraction of sp³-hybridized carbons (Fsp3) is 0.600. The van der Waals surface area contributed by atoms with E-state index in [1.807, 2.05) is 27.7 Å². The molecule has 0 saturated heterocycles. The molecule has 1 aromatic carbocycles. The smallest absolute Gasteiger partial charge is 0.341 e. The van der Waals surface area contributed by atoms with Crippen molar-refractivity contribution in [3.8, 4) is 5.75 Å². The molecule has 6 nitrogen and oxygen atoms in total. The zero-order chi connectivity index (χ0) is 19.9. The molecule has 0 unspecified atom stereocenters. The minimum absolute atomic E-state index is 0.0913. The highest BCUT2D eigenvalue weighted by atomic mass is 16.5. The summed E-state index contributed by atoms with van der Waals surface area (Å²) in [7, 11) is 1.52. The van der Waals surface area contributed by atoms with Crippen molar-refractivity contribution in [3.05, 3.63) is 23.8 Å². The number of carbonyl (C=O) groups is 2. The maximum atomic E-state index is 12.7. The van der Waals surface area contributed by atoms with Crippen LogP contribution in [0.25, 0.3) is 0 Å². The third-order valence-electron chi connectivity index (χ3n) is 3.82. The van der Waals surface area contributed by atoms with Crippen molar-refractivity contribution in [1.29, 1.82) is 0 Å². The molecule has 26 heavy (non-hydrogen) atoms. The van der Waals surface area contributed by atoms with Crippen LogP contribution in [0.1, 0.15) is 58.3 Å². The van der Waals surface area contributed by atoms with Gasteiger partial charge in [-0.2, -0.15) is 0 Å². The number of nitrogens with one attached hydrogen (secondary N) is 1. The highest BCUT2D eigenvalue weighted by Gasteiger charge is 2.34. The van der Waals surface area contributed by atoms with Crippen molar-refractivity contribution in [2.24, 2.45) is 5.92 Å². The number of benzene rings is 1. The number of hydrogen-bond acceptors (Lipinski definition) is 5. The van der Waals surface area contributed by atoms with Gasteiger partial charge in [0.2, 0.25) is 0 Å². The number of amides is 1. The van der Waals surface area contributed by atoms with Crippen LogP contribution in [-0.2, 0) is 14.3 Å². The van der Waals surface area contributed by atoms with Gasteiger partial charge in [-0.25, -0.2) is 4.79 Å². The fourth-order valence-corrected chi connectivity index (χ4v) is 2.64. The Bertz CT molecular complexity index is 627. The Labute approximate surface area is 156 Å². The third kappa shape index (κ3) is 6.02. The van der Waals surface area contributed by atoms with Crippen LogP contribution in [0.4, 0.5) is 5.69 Å². The van der Waals surface area contributed by atoms with E-state index in [2.05, 4.69) is 5.32 Å². The Morgan fingerprint density at radius 1 is 1.19 bits per heavy atom. The Balaban J connectivity index is 3.11. The van der Waals surface area contributed by atoms with E-state index in [0.29, 0.717) is 23.8 Å². The second-order valence-corrected chi connectivity index (χ2v) is 7.09. The van der Waals surface area contributed by atoms with Crippen molar-refractivity contribution in [1.82, 2.24) is 0 Å². The van der Waals surface area contributed by atoms with E-state index in [4.69, 9.17) is 14.2 Å². The second kappa shape index (κ2) is 9.57. The van der Waals surface area contributed by atoms with Crippen LogP contribution in [0.3, 0.4) is 0 Å². The van der Waals surface area contributed by atoms with E-state index in [-0.39, 0.29) is 24.2 Å². The molecule has 6 heteroatoms. The molecule has 0 aliphatic heterocycles. The Hall–Kier alpha value is -2.08. The molecule has 0 spiro atoms. The zero-order valence-corrected chi connectivity index (χ0v) is 16.8. The number of hydrogen-bond donors (Lipinski definition) is 1. The molecule has 1 amide bonds. The van der Waals surface area contributed by atoms with Gasteiger partial charge in [-0.15, -0.1) is 0 Å². The topological polar surface area (TPSA) is 73.9 Å². The van der Waals surface area contributed by atoms with E-state index in [0.717, 1.165) is 0 Å². The molecule has 1 N–H and O–H groups in total. The molecule has 0 aromatic heterocycles. The summed E-state index contributed by atoms with van der Waals surface area (Å²) < 4.78 is 16.2. The normalized spacial score (nSPS) is 13.4. The summed E-state index contributed by atoms with van der Waals surface area (Å²) in [5.74, 6) is -0.0345. The van der Waals surface area contributed by atoms with E-state index >= 15 is 0 Å². The summed E-state index contributed by atoms with van der Waals surface area (Å²) in [5.41, 5.74) is -0.187. The summed E-state index contributed by atoms with van der Waals surface area (Å²) >= 11 is 0. The highest BCUT2D eigenvalue weighted by Crippen LogP contribution is 2.27. The molecule has 0 saturated carbocycles. The number of carbonyl (C=O) groups excluding carboxylic acids is 2. The lowest BCUT2D eigenvalue weighted by atomic mass is 9.93. The molecule has 0 radical (unpaired) electrons. The van der Waals surface area contributed by atoms with Gasteiger partial charge in [-0.1, -0.05) is 13.8 Å². The first-order valence-corrected chi connectivity index (χ1v) is 8.97. The van der Waals surface area contributed by atoms with Gasteiger partial charge < -0.3 is 19.5 Å². The Morgan fingerprint density at radius 2 is 1.85 bits per heavy atom. The average molecular weight is 365 g/mol. The highest BCUT2D eigenvalue weighted by molar-refractivity contribution is 5.99. The van der Waals surface area contributed by atoms with Crippen LogP contribution in [0.5, 0.6) is 5.75 Å². The summed E-state index contributed by atoms with van der Waals surface area (Å²) in [4.78, 5) is 24.9. The predicted octanol–water partition coefficient (Wildman–Crippen LogP) is 4.04. The van der Waals surface area contributed by atoms with Crippen LogP contribution in [0.2, 0.25) is 0 Å². The number of methoxy groups -OCH3 is 1.